The molecule has 2 atom stereocenters. The Morgan fingerprint density at radius 2 is 2.37 bits per heavy atom. The lowest BCUT2D eigenvalue weighted by atomic mass is 9.99. The summed E-state index contributed by atoms with van der Waals surface area (Å²) in [7, 11) is 0. The summed E-state index contributed by atoms with van der Waals surface area (Å²) in [6.07, 6.45) is 1.73. The number of β-amino-alcohol motifs (C(OH)–C–C–N with tert-alkyl or cyclic N) is 1. The van der Waals surface area contributed by atoms with Crippen molar-refractivity contribution in [2.45, 2.75) is 25.9 Å². The predicted molar refractivity (Wildman–Crippen MR) is 72.9 cm³/mol. The van der Waals surface area contributed by atoms with E-state index >= 15 is 0 Å². The molecular weight excluding hydrogens is 244 g/mol. The van der Waals surface area contributed by atoms with Gasteiger partial charge in [0.1, 0.15) is 0 Å². The smallest absolute Gasteiger partial charge is 0.269 e. The van der Waals surface area contributed by atoms with E-state index in [1.165, 1.54) is 18.6 Å². The van der Waals surface area contributed by atoms with Crippen molar-refractivity contribution < 1.29 is 10.0 Å². The number of nitrogens with zero attached hydrogens (tertiary/aromatic N) is 2. The fourth-order valence-electron chi connectivity index (χ4n) is 2.65. The first-order chi connectivity index (χ1) is 9.06. The second-order valence-corrected chi connectivity index (χ2v) is 5.37. The Morgan fingerprint density at radius 1 is 1.58 bits per heavy atom. The molecule has 1 aliphatic rings. The van der Waals surface area contributed by atoms with Gasteiger partial charge in [-0.2, -0.15) is 0 Å². The van der Waals surface area contributed by atoms with Gasteiger partial charge >= 0.3 is 0 Å². The fourth-order valence-corrected chi connectivity index (χ4v) is 2.65. The van der Waals surface area contributed by atoms with Gasteiger partial charge in [0.2, 0.25) is 0 Å². The lowest BCUT2D eigenvalue weighted by molar-refractivity contribution is -0.385. The minimum Gasteiger partial charge on any atom is -0.387 e. The lowest BCUT2D eigenvalue weighted by Gasteiger charge is -2.32. The van der Waals surface area contributed by atoms with Crippen molar-refractivity contribution in [2.24, 2.45) is 5.92 Å². The molecule has 5 heteroatoms. The number of nitro benzene ring substituents is 1. The zero-order valence-corrected chi connectivity index (χ0v) is 11.2. The molecule has 1 saturated heterocycles. The molecule has 1 N–H and O–H groups in total. The number of hydrogen-bond acceptors (Lipinski definition) is 4. The summed E-state index contributed by atoms with van der Waals surface area (Å²) >= 11 is 0. The zero-order chi connectivity index (χ0) is 13.8. The number of aliphatic hydroxyl groups excluding tert-OH is 1. The molecule has 1 aromatic rings. The van der Waals surface area contributed by atoms with Gasteiger partial charge in [-0.15, -0.1) is 0 Å². The van der Waals surface area contributed by atoms with Crippen LogP contribution in [0, 0.1) is 16.0 Å². The molecule has 1 aliphatic heterocycles. The third-order valence-electron chi connectivity index (χ3n) is 3.64. The molecule has 1 heterocycles. The Morgan fingerprint density at radius 3 is 3.05 bits per heavy atom. The van der Waals surface area contributed by atoms with Crippen LogP contribution in [-0.4, -0.2) is 34.6 Å². The number of aliphatic hydroxyl groups is 1. The molecule has 0 aliphatic carbocycles. The quantitative estimate of drug-likeness (QED) is 0.669. The maximum atomic E-state index is 10.7. The molecule has 19 heavy (non-hydrogen) atoms. The first-order valence-electron chi connectivity index (χ1n) is 6.71. The largest absolute Gasteiger partial charge is 0.387 e. The molecule has 0 saturated carbocycles. The van der Waals surface area contributed by atoms with E-state index in [4.69, 9.17) is 0 Å². The first-order valence-corrected chi connectivity index (χ1v) is 6.71. The normalized spacial score (nSPS) is 22.1. The standard InChI is InChI=1S/C14H20N2O3/c1-11-4-3-7-15(9-11)10-14(17)12-5-2-6-13(8-12)16(18)19/h2,5-6,8,11,14,17H,3-4,7,9-10H2,1H3. The topological polar surface area (TPSA) is 66.6 Å². The molecular formula is C14H20N2O3. The van der Waals surface area contributed by atoms with Crippen molar-refractivity contribution >= 4 is 5.69 Å². The maximum Gasteiger partial charge on any atom is 0.269 e. The van der Waals surface area contributed by atoms with Gasteiger partial charge in [0.15, 0.2) is 0 Å². The highest BCUT2D eigenvalue weighted by molar-refractivity contribution is 5.35. The van der Waals surface area contributed by atoms with Crippen molar-refractivity contribution in [3.63, 3.8) is 0 Å². The van der Waals surface area contributed by atoms with Crippen LogP contribution in [0.3, 0.4) is 0 Å². The van der Waals surface area contributed by atoms with Crippen LogP contribution in [0.5, 0.6) is 0 Å². The summed E-state index contributed by atoms with van der Waals surface area (Å²) in [6, 6.07) is 6.26. The highest BCUT2D eigenvalue weighted by atomic mass is 16.6. The van der Waals surface area contributed by atoms with Gasteiger partial charge in [-0.1, -0.05) is 19.1 Å². The molecule has 0 amide bonds. The number of nitro groups is 1. The summed E-state index contributed by atoms with van der Waals surface area (Å²) in [5, 5.41) is 20.9. The Bertz CT molecular complexity index is 450. The van der Waals surface area contributed by atoms with Crippen LogP contribution in [0.25, 0.3) is 0 Å². The molecule has 1 aromatic carbocycles. The molecule has 2 unspecified atom stereocenters. The van der Waals surface area contributed by atoms with Crippen LogP contribution < -0.4 is 0 Å². The van der Waals surface area contributed by atoms with Crippen molar-refractivity contribution in [1.29, 1.82) is 0 Å². The average molecular weight is 264 g/mol. The van der Waals surface area contributed by atoms with Gasteiger partial charge in [0.25, 0.3) is 5.69 Å². The Hall–Kier alpha value is -1.46. The molecule has 104 valence electrons. The van der Waals surface area contributed by atoms with Gasteiger partial charge in [0, 0.05) is 25.2 Å². The first kappa shape index (κ1) is 14.0. The minimum atomic E-state index is -0.662. The highest BCUT2D eigenvalue weighted by Crippen LogP contribution is 2.22. The van der Waals surface area contributed by atoms with Crippen molar-refractivity contribution in [2.75, 3.05) is 19.6 Å². The predicted octanol–water partition coefficient (Wildman–Crippen LogP) is 2.36. The zero-order valence-electron chi connectivity index (χ0n) is 11.2. The van der Waals surface area contributed by atoms with Crippen molar-refractivity contribution in [1.82, 2.24) is 4.90 Å². The molecule has 0 aromatic heterocycles. The third-order valence-corrected chi connectivity index (χ3v) is 3.64. The van der Waals surface area contributed by atoms with Crippen LogP contribution in [0.15, 0.2) is 24.3 Å². The van der Waals surface area contributed by atoms with Gasteiger partial charge in [-0.25, -0.2) is 0 Å². The second kappa shape index (κ2) is 6.12. The number of rotatable bonds is 4. The Kier molecular flexibility index (Phi) is 4.50. The van der Waals surface area contributed by atoms with Gasteiger partial charge < -0.3 is 10.0 Å². The third kappa shape index (κ3) is 3.75. The Labute approximate surface area is 113 Å². The SMILES string of the molecule is CC1CCCN(CC(O)c2cccc([N+](=O)[O-])c2)C1. The average Bonchev–Trinajstić information content (AvgIpc) is 2.39. The van der Waals surface area contributed by atoms with E-state index in [1.54, 1.807) is 12.1 Å². The second-order valence-electron chi connectivity index (χ2n) is 5.37. The Balaban J connectivity index is 2.01. The number of likely N-dealkylation sites (tertiary alicyclic amines) is 1. The van der Waals surface area contributed by atoms with Gasteiger partial charge in [-0.05, 0) is 30.9 Å². The van der Waals surface area contributed by atoms with E-state index in [2.05, 4.69) is 11.8 Å². The minimum absolute atomic E-state index is 0.0311. The number of piperidine rings is 1. The summed E-state index contributed by atoms with van der Waals surface area (Å²) in [6.45, 7) is 4.75. The highest BCUT2D eigenvalue weighted by Gasteiger charge is 2.20. The van der Waals surface area contributed by atoms with E-state index in [0.717, 1.165) is 19.5 Å². The number of hydrogen-bond donors (Lipinski definition) is 1. The molecule has 5 nitrogen and oxygen atoms in total. The summed E-state index contributed by atoms with van der Waals surface area (Å²) < 4.78 is 0. The number of benzene rings is 1. The van der Waals surface area contributed by atoms with Crippen molar-refractivity contribution in [3.8, 4) is 0 Å². The van der Waals surface area contributed by atoms with Crippen LogP contribution >= 0.6 is 0 Å². The molecule has 0 spiro atoms. The number of non-ortho nitro benzene ring substituents is 1. The van der Waals surface area contributed by atoms with Gasteiger partial charge in [0.05, 0.1) is 11.0 Å². The summed E-state index contributed by atoms with van der Waals surface area (Å²) in [5.41, 5.74) is 0.649. The van der Waals surface area contributed by atoms with E-state index in [9.17, 15) is 15.2 Å². The van der Waals surface area contributed by atoms with Gasteiger partial charge in [-0.3, -0.25) is 10.1 Å². The molecule has 0 radical (unpaired) electrons. The fraction of sp³-hybridized carbons (Fsp3) is 0.571. The van der Waals surface area contributed by atoms with E-state index < -0.39 is 11.0 Å². The van der Waals surface area contributed by atoms with E-state index in [1.807, 2.05) is 0 Å². The van der Waals surface area contributed by atoms with E-state index in [-0.39, 0.29) is 5.69 Å². The van der Waals surface area contributed by atoms with Crippen LogP contribution in [0.4, 0.5) is 5.69 Å². The van der Waals surface area contributed by atoms with Crippen LogP contribution in [-0.2, 0) is 0 Å². The maximum absolute atomic E-state index is 10.7. The monoisotopic (exact) mass is 264 g/mol. The van der Waals surface area contributed by atoms with Crippen molar-refractivity contribution in [3.05, 3.63) is 39.9 Å². The molecule has 2 rings (SSSR count). The lowest BCUT2D eigenvalue weighted by Crippen LogP contribution is -2.37. The molecule has 0 bridgehead atoms. The van der Waals surface area contributed by atoms with Crippen LogP contribution in [0.1, 0.15) is 31.4 Å². The summed E-state index contributed by atoms with van der Waals surface area (Å²) in [5.74, 6) is 0.658. The van der Waals surface area contributed by atoms with E-state index in [0.29, 0.717) is 18.0 Å². The van der Waals surface area contributed by atoms with Crippen LogP contribution in [0.2, 0.25) is 0 Å². The molecule has 1 fully saturated rings. The summed E-state index contributed by atoms with van der Waals surface area (Å²) in [4.78, 5) is 12.5.